The molecular formula is C24H20F3N5O2. The van der Waals surface area contributed by atoms with Crippen LogP contribution in [-0.2, 0) is 13.2 Å². The van der Waals surface area contributed by atoms with E-state index < -0.39 is 17.3 Å². The third-order valence-corrected chi connectivity index (χ3v) is 6.05. The molecule has 10 heteroatoms. The number of pyridine rings is 2. The van der Waals surface area contributed by atoms with Crippen molar-refractivity contribution >= 4 is 16.7 Å². The molecule has 2 aromatic heterocycles. The standard InChI is InChI=1S/C24H20F3N5O2/c1-14-13-32(10-9-20(14)34-17-6-3-15(4-7-17)24(25,26)27)22-18(12-29)23(33)31(2)19-8-5-16(11-28)30-21(19)22/h3-8,14,20H,9-10,13H2,1-2H3. The van der Waals surface area contributed by atoms with E-state index in [4.69, 9.17) is 4.74 Å². The van der Waals surface area contributed by atoms with Crippen molar-refractivity contribution in [2.45, 2.75) is 25.6 Å². The summed E-state index contributed by atoms with van der Waals surface area (Å²) >= 11 is 0. The quantitative estimate of drug-likeness (QED) is 0.578. The van der Waals surface area contributed by atoms with E-state index in [9.17, 15) is 28.5 Å². The SMILES string of the molecule is CC1CN(c2c(C#N)c(=O)n(C)c3ccc(C#N)nc23)CCC1Oc1ccc(C(F)(F)F)cc1. The largest absolute Gasteiger partial charge is 0.490 e. The highest BCUT2D eigenvalue weighted by atomic mass is 19.4. The molecule has 1 aliphatic heterocycles. The van der Waals surface area contributed by atoms with Gasteiger partial charge in [-0.05, 0) is 36.4 Å². The number of aromatic nitrogens is 2. The third kappa shape index (κ3) is 4.15. The molecule has 1 saturated heterocycles. The zero-order valence-corrected chi connectivity index (χ0v) is 18.4. The number of aryl methyl sites for hydroxylation is 1. The fraction of sp³-hybridized carbons (Fsp3) is 0.333. The van der Waals surface area contributed by atoms with Crippen LogP contribution >= 0.6 is 0 Å². The first kappa shape index (κ1) is 23.1. The number of fused-ring (bicyclic) bond motifs is 1. The molecule has 0 radical (unpaired) electrons. The van der Waals surface area contributed by atoms with Gasteiger partial charge < -0.3 is 14.2 Å². The molecule has 0 bridgehead atoms. The van der Waals surface area contributed by atoms with Crippen LogP contribution in [0.3, 0.4) is 0 Å². The summed E-state index contributed by atoms with van der Waals surface area (Å²) in [5.41, 5.74) is 0.218. The summed E-state index contributed by atoms with van der Waals surface area (Å²) in [6.07, 6.45) is -4.16. The number of rotatable bonds is 3. The normalized spacial score (nSPS) is 18.4. The van der Waals surface area contributed by atoms with E-state index in [1.54, 1.807) is 13.1 Å². The van der Waals surface area contributed by atoms with Crippen LogP contribution in [-0.4, -0.2) is 28.7 Å². The second-order valence-electron chi connectivity index (χ2n) is 8.27. The number of nitrogens with zero attached hydrogens (tertiary/aromatic N) is 5. The highest BCUT2D eigenvalue weighted by molar-refractivity contribution is 5.92. The van der Waals surface area contributed by atoms with E-state index in [0.29, 0.717) is 42.0 Å². The monoisotopic (exact) mass is 467 g/mol. The predicted octanol–water partition coefficient (Wildman–Crippen LogP) is 3.99. The lowest BCUT2D eigenvalue weighted by Gasteiger charge is -2.38. The molecule has 0 N–H and O–H groups in total. The predicted molar refractivity (Wildman–Crippen MR) is 118 cm³/mol. The van der Waals surface area contributed by atoms with Gasteiger partial charge in [-0.15, -0.1) is 0 Å². The maximum atomic E-state index is 12.8. The number of hydrogen-bond donors (Lipinski definition) is 0. The van der Waals surface area contributed by atoms with Crippen LogP contribution in [0.1, 0.15) is 30.2 Å². The first-order valence-corrected chi connectivity index (χ1v) is 10.6. The Kier molecular flexibility index (Phi) is 5.92. The summed E-state index contributed by atoms with van der Waals surface area (Å²) in [5, 5.41) is 19.0. The second-order valence-corrected chi connectivity index (χ2v) is 8.27. The Hall–Kier alpha value is -4.05. The lowest BCUT2D eigenvalue weighted by molar-refractivity contribution is -0.137. The molecule has 3 heterocycles. The summed E-state index contributed by atoms with van der Waals surface area (Å²) in [4.78, 5) is 19.1. The fourth-order valence-corrected chi connectivity index (χ4v) is 4.26. The molecule has 2 atom stereocenters. The first-order chi connectivity index (χ1) is 16.1. The van der Waals surface area contributed by atoms with Gasteiger partial charge in [-0.3, -0.25) is 4.79 Å². The number of piperidine rings is 1. The topological polar surface area (TPSA) is 94.9 Å². The maximum Gasteiger partial charge on any atom is 0.416 e. The van der Waals surface area contributed by atoms with Gasteiger partial charge in [-0.1, -0.05) is 6.92 Å². The number of benzene rings is 1. The molecular weight excluding hydrogens is 447 g/mol. The van der Waals surface area contributed by atoms with Crippen molar-refractivity contribution in [3.63, 3.8) is 0 Å². The molecule has 4 rings (SSSR count). The van der Waals surface area contributed by atoms with Gasteiger partial charge in [0.25, 0.3) is 5.56 Å². The van der Waals surface area contributed by atoms with Gasteiger partial charge in [0.1, 0.15) is 40.8 Å². The van der Waals surface area contributed by atoms with Crippen molar-refractivity contribution in [2.24, 2.45) is 13.0 Å². The minimum absolute atomic E-state index is 0.0492. The number of halogens is 3. The number of nitriles is 2. The van der Waals surface area contributed by atoms with Crippen LogP contribution in [0.25, 0.3) is 11.0 Å². The molecule has 0 saturated carbocycles. The van der Waals surface area contributed by atoms with Crippen LogP contribution < -0.4 is 15.2 Å². The maximum absolute atomic E-state index is 12.8. The Morgan fingerprint density at radius 2 is 1.82 bits per heavy atom. The Bertz CT molecular complexity index is 1380. The van der Waals surface area contributed by atoms with E-state index in [1.165, 1.54) is 22.8 Å². The summed E-state index contributed by atoms with van der Waals surface area (Å²) in [7, 11) is 1.55. The van der Waals surface area contributed by atoms with E-state index in [0.717, 1.165) is 12.1 Å². The van der Waals surface area contributed by atoms with Gasteiger partial charge in [0.15, 0.2) is 0 Å². The number of hydrogen-bond acceptors (Lipinski definition) is 6. The molecule has 0 spiro atoms. The molecule has 1 aliphatic rings. The van der Waals surface area contributed by atoms with E-state index >= 15 is 0 Å². The van der Waals surface area contributed by atoms with Gasteiger partial charge in [-0.25, -0.2) is 4.98 Å². The molecule has 1 aromatic carbocycles. The van der Waals surface area contributed by atoms with Crippen LogP contribution in [0.15, 0.2) is 41.2 Å². The second kappa shape index (κ2) is 8.71. The fourth-order valence-electron chi connectivity index (χ4n) is 4.26. The van der Waals surface area contributed by atoms with Crippen molar-refractivity contribution in [3.8, 4) is 17.9 Å². The van der Waals surface area contributed by atoms with Gasteiger partial charge in [-0.2, -0.15) is 23.7 Å². The highest BCUT2D eigenvalue weighted by Gasteiger charge is 2.33. The average molecular weight is 467 g/mol. The third-order valence-electron chi connectivity index (χ3n) is 6.05. The number of alkyl halides is 3. The molecule has 3 aromatic rings. The van der Waals surface area contributed by atoms with Crippen molar-refractivity contribution in [3.05, 3.63) is 63.6 Å². The molecule has 0 aliphatic carbocycles. The molecule has 1 fully saturated rings. The summed E-state index contributed by atoms with van der Waals surface area (Å²) in [6.45, 7) is 2.80. The van der Waals surface area contributed by atoms with Crippen molar-refractivity contribution in [1.82, 2.24) is 9.55 Å². The summed E-state index contributed by atoms with van der Waals surface area (Å²) < 4.78 is 45.7. The zero-order chi connectivity index (χ0) is 24.6. The number of ether oxygens (including phenoxy) is 1. The Balaban J connectivity index is 1.63. The molecule has 34 heavy (non-hydrogen) atoms. The van der Waals surface area contributed by atoms with E-state index in [1.807, 2.05) is 24.0 Å². The van der Waals surface area contributed by atoms with Crippen molar-refractivity contribution < 1.29 is 17.9 Å². The summed E-state index contributed by atoms with van der Waals surface area (Å²) in [6, 6.07) is 11.7. The zero-order valence-electron chi connectivity index (χ0n) is 18.4. The van der Waals surface area contributed by atoms with Crippen LogP contribution in [0.4, 0.5) is 18.9 Å². The Labute approximate surface area is 193 Å². The molecule has 7 nitrogen and oxygen atoms in total. The molecule has 0 amide bonds. The van der Waals surface area contributed by atoms with Crippen molar-refractivity contribution in [2.75, 3.05) is 18.0 Å². The van der Waals surface area contributed by atoms with E-state index in [2.05, 4.69) is 4.98 Å². The Morgan fingerprint density at radius 1 is 1.12 bits per heavy atom. The van der Waals surface area contributed by atoms with Gasteiger partial charge in [0, 0.05) is 32.5 Å². The van der Waals surface area contributed by atoms with Crippen LogP contribution in [0, 0.1) is 28.6 Å². The van der Waals surface area contributed by atoms with Crippen molar-refractivity contribution in [1.29, 1.82) is 10.5 Å². The van der Waals surface area contributed by atoms with Crippen LogP contribution in [0.2, 0.25) is 0 Å². The molecule has 2 unspecified atom stereocenters. The highest BCUT2D eigenvalue weighted by Crippen LogP contribution is 2.34. The van der Waals surface area contributed by atoms with Gasteiger partial charge in [0.05, 0.1) is 16.8 Å². The average Bonchev–Trinajstić information content (AvgIpc) is 2.82. The van der Waals surface area contributed by atoms with Gasteiger partial charge >= 0.3 is 6.18 Å². The van der Waals surface area contributed by atoms with Crippen LogP contribution in [0.5, 0.6) is 5.75 Å². The smallest absolute Gasteiger partial charge is 0.416 e. The Morgan fingerprint density at radius 3 is 2.41 bits per heavy atom. The van der Waals surface area contributed by atoms with Gasteiger partial charge in [0.2, 0.25) is 0 Å². The number of anilines is 1. The minimum Gasteiger partial charge on any atom is -0.490 e. The lowest BCUT2D eigenvalue weighted by atomic mass is 9.95. The molecule has 174 valence electrons. The first-order valence-electron chi connectivity index (χ1n) is 10.6. The summed E-state index contributed by atoms with van der Waals surface area (Å²) in [5.74, 6) is 0.274. The minimum atomic E-state index is -4.41. The van der Waals surface area contributed by atoms with E-state index in [-0.39, 0.29) is 23.3 Å². The lowest BCUT2D eigenvalue weighted by Crippen LogP contribution is -2.45.